The fraction of sp³-hybridized carbons (Fsp3) is 0.429. The van der Waals surface area contributed by atoms with E-state index in [-0.39, 0.29) is 5.91 Å². The van der Waals surface area contributed by atoms with Crippen molar-refractivity contribution in [1.29, 1.82) is 0 Å². The van der Waals surface area contributed by atoms with Gasteiger partial charge in [-0.05, 0) is 30.2 Å². The van der Waals surface area contributed by atoms with Gasteiger partial charge in [-0.3, -0.25) is 9.79 Å². The summed E-state index contributed by atoms with van der Waals surface area (Å²) in [5, 5.41) is 5.66. The highest BCUT2D eigenvalue weighted by Crippen LogP contribution is 2.25. The number of hydrogen-bond acceptors (Lipinski definition) is 3. The van der Waals surface area contributed by atoms with Crippen molar-refractivity contribution in [2.75, 3.05) is 33.3 Å². The average molecular weight is 368 g/mol. The standard InChI is InChI=1S/C21H28N4O2/c1-23-21(25-12-5-6-16(15-25)14-20(22)26)24-11-13-27-19-10-4-8-17-7-2-3-9-18(17)19/h2-4,7-10,16H,5-6,11-15H2,1H3,(H2,22,26)(H,23,24). The number of hydrogen-bond donors (Lipinski definition) is 2. The Bertz CT molecular complexity index is 800. The van der Waals surface area contributed by atoms with E-state index in [1.54, 1.807) is 7.05 Å². The summed E-state index contributed by atoms with van der Waals surface area (Å²) in [7, 11) is 1.78. The molecule has 1 aliphatic rings. The van der Waals surface area contributed by atoms with Crippen molar-refractivity contribution < 1.29 is 9.53 Å². The van der Waals surface area contributed by atoms with Gasteiger partial charge in [-0.15, -0.1) is 0 Å². The van der Waals surface area contributed by atoms with Crippen LogP contribution < -0.4 is 15.8 Å². The number of nitrogens with two attached hydrogens (primary N) is 1. The molecule has 1 fully saturated rings. The minimum atomic E-state index is -0.228. The van der Waals surface area contributed by atoms with E-state index in [0.29, 0.717) is 25.5 Å². The number of amides is 1. The van der Waals surface area contributed by atoms with Crippen LogP contribution >= 0.6 is 0 Å². The molecule has 144 valence electrons. The Labute approximate surface area is 160 Å². The minimum Gasteiger partial charge on any atom is -0.491 e. The summed E-state index contributed by atoms with van der Waals surface area (Å²) >= 11 is 0. The number of nitrogens with one attached hydrogen (secondary N) is 1. The third-order valence-corrected chi connectivity index (χ3v) is 4.91. The number of nitrogens with zero attached hydrogens (tertiary/aromatic N) is 2. The highest BCUT2D eigenvalue weighted by Gasteiger charge is 2.23. The minimum absolute atomic E-state index is 0.228. The lowest BCUT2D eigenvalue weighted by molar-refractivity contribution is -0.119. The van der Waals surface area contributed by atoms with E-state index in [1.807, 2.05) is 24.3 Å². The smallest absolute Gasteiger partial charge is 0.217 e. The zero-order valence-corrected chi connectivity index (χ0v) is 15.9. The van der Waals surface area contributed by atoms with Crippen LogP contribution in [0.4, 0.5) is 0 Å². The summed E-state index contributed by atoms with van der Waals surface area (Å²) in [4.78, 5) is 17.8. The molecule has 3 N–H and O–H groups in total. The first kappa shape index (κ1) is 19.0. The number of primary amides is 1. The van der Waals surface area contributed by atoms with E-state index in [1.165, 1.54) is 5.39 Å². The molecule has 1 saturated heterocycles. The molecule has 1 amide bonds. The fourth-order valence-corrected chi connectivity index (χ4v) is 3.69. The van der Waals surface area contributed by atoms with Crippen molar-refractivity contribution >= 4 is 22.6 Å². The zero-order valence-electron chi connectivity index (χ0n) is 15.9. The Morgan fingerprint density at radius 2 is 2.11 bits per heavy atom. The van der Waals surface area contributed by atoms with E-state index < -0.39 is 0 Å². The quantitative estimate of drug-likeness (QED) is 0.466. The molecule has 6 nitrogen and oxygen atoms in total. The van der Waals surface area contributed by atoms with E-state index in [4.69, 9.17) is 10.5 Å². The lowest BCUT2D eigenvalue weighted by Crippen LogP contribution is -2.48. The van der Waals surface area contributed by atoms with Gasteiger partial charge in [-0.2, -0.15) is 0 Å². The van der Waals surface area contributed by atoms with Gasteiger partial charge < -0.3 is 20.7 Å². The molecule has 6 heteroatoms. The maximum atomic E-state index is 11.2. The first-order valence-corrected chi connectivity index (χ1v) is 9.52. The molecule has 0 bridgehead atoms. The largest absolute Gasteiger partial charge is 0.491 e. The second kappa shape index (κ2) is 9.26. The van der Waals surface area contributed by atoms with E-state index in [2.05, 4.69) is 33.4 Å². The molecule has 27 heavy (non-hydrogen) atoms. The fourth-order valence-electron chi connectivity index (χ4n) is 3.69. The molecule has 2 aromatic carbocycles. The molecule has 0 spiro atoms. The zero-order chi connectivity index (χ0) is 19.1. The third-order valence-electron chi connectivity index (χ3n) is 4.91. The van der Waals surface area contributed by atoms with Gasteiger partial charge in [0.15, 0.2) is 5.96 Å². The molecule has 1 atom stereocenters. The first-order valence-electron chi connectivity index (χ1n) is 9.52. The average Bonchev–Trinajstić information content (AvgIpc) is 2.68. The third kappa shape index (κ3) is 5.12. The summed E-state index contributed by atoms with van der Waals surface area (Å²) < 4.78 is 5.98. The molecule has 1 unspecified atom stereocenters. The predicted octanol–water partition coefficient (Wildman–Crippen LogP) is 2.38. The van der Waals surface area contributed by atoms with Crippen LogP contribution in [0.5, 0.6) is 5.75 Å². The molecular weight excluding hydrogens is 340 g/mol. The number of carbonyl (C=O) groups is 1. The van der Waals surface area contributed by atoms with Crippen LogP contribution in [0.1, 0.15) is 19.3 Å². The lowest BCUT2D eigenvalue weighted by atomic mass is 9.95. The molecule has 1 heterocycles. The monoisotopic (exact) mass is 368 g/mol. The van der Waals surface area contributed by atoms with Gasteiger partial charge in [0, 0.05) is 31.9 Å². The van der Waals surface area contributed by atoms with Crippen LogP contribution in [-0.2, 0) is 4.79 Å². The molecule has 0 radical (unpaired) electrons. The molecule has 0 saturated carbocycles. The number of rotatable bonds is 6. The van der Waals surface area contributed by atoms with Crippen molar-refractivity contribution in [2.45, 2.75) is 19.3 Å². The number of carbonyl (C=O) groups excluding carboxylic acids is 1. The van der Waals surface area contributed by atoms with Crippen molar-refractivity contribution in [3.63, 3.8) is 0 Å². The lowest BCUT2D eigenvalue weighted by Gasteiger charge is -2.34. The van der Waals surface area contributed by atoms with E-state index in [9.17, 15) is 4.79 Å². The molecule has 0 aromatic heterocycles. The summed E-state index contributed by atoms with van der Waals surface area (Å²) in [5.74, 6) is 1.82. The summed E-state index contributed by atoms with van der Waals surface area (Å²) in [6.45, 7) is 2.96. The Kier molecular flexibility index (Phi) is 6.52. The number of guanidine groups is 1. The van der Waals surface area contributed by atoms with Gasteiger partial charge in [0.1, 0.15) is 12.4 Å². The Balaban J connectivity index is 1.50. The molecule has 0 aliphatic carbocycles. The number of benzene rings is 2. The van der Waals surface area contributed by atoms with Crippen LogP contribution in [0.2, 0.25) is 0 Å². The molecular formula is C21H28N4O2. The Morgan fingerprint density at radius 1 is 1.30 bits per heavy atom. The van der Waals surface area contributed by atoms with Gasteiger partial charge >= 0.3 is 0 Å². The van der Waals surface area contributed by atoms with Gasteiger partial charge in [-0.1, -0.05) is 36.4 Å². The van der Waals surface area contributed by atoms with Gasteiger partial charge in [0.05, 0.1) is 6.54 Å². The van der Waals surface area contributed by atoms with E-state index >= 15 is 0 Å². The van der Waals surface area contributed by atoms with Crippen molar-refractivity contribution in [2.24, 2.45) is 16.6 Å². The summed E-state index contributed by atoms with van der Waals surface area (Å²) in [5.41, 5.74) is 5.35. The Morgan fingerprint density at radius 3 is 2.93 bits per heavy atom. The van der Waals surface area contributed by atoms with Gasteiger partial charge in [0.2, 0.25) is 5.91 Å². The van der Waals surface area contributed by atoms with Crippen LogP contribution in [0.25, 0.3) is 10.8 Å². The summed E-state index contributed by atoms with van der Waals surface area (Å²) in [6, 6.07) is 14.3. The van der Waals surface area contributed by atoms with Crippen LogP contribution in [0, 0.1) is 5.92 Å². The normalized spacial score (nSPS) is 17.7. The maximum absolute atomic E-state index is 11.2. The summed E-state index contributed by atoms with van der Waals surface area (Å²) in [6.07, 6.45) is 2.53. The number of ether oxygens (including phenoxy) is 1. The highest BCUT2D eigenvalue weighted by molar-refractivity contribution is 5.88. The van der Waals surface area contributed by atoms with E-state index in [0.717, 1.165) is 43.0 Å². The van der Waals surface area contributed by atoms with Crippen LogP contribution in [0.3, 0.4) is 0 Å². The second-order valence-electron chi connectivity index (χ2n) is 6.92. The number of piperidine rings is 1. The predicted molar refractivity (Wildman–Crippen MR) is 109 cm³/mol. The SMILES string of the molecule is CN=C(NCCOc1cccc2ccccc12)N1CCCC(CC(N)=O)C1. The number of aliphatic imine (C=N–C) groups is 1. The molecule has 2 aromatic rings. The number of fused-ring (bicyclic) bond motifs is 1. The second-order valence-corrected chi connectivity index (χ2v) is 6.92. The highest BCUT2D eigenvalue weighted by atomic mass is 16.5. The maximum Gasteiger partial charge on any atom is 0.217 e. The van der Waals surface area contributed by atoms with Crippen LogP contribution in [-0.4, -0.2) is 50.1 Å². The van der Waals surface area contributed by atoms with Crippen molar-refractivity contribution in [1.82, 2.24) is 10.2 Å². The van der Waals surface area contributed by atoms with Gasteiger partial charge in [0.25, 0.3) is 0 Å². The first-order chi connectivity index (χ1) is 13.2. The molecule has 1 aliphatic heterocycles. The van der Waals surface area contributed by atoms with Crippen LogP contribution in [0.15, 0.2) is 47.5 Å². The topological polar surface area (TPSA) is 80.0 Å². The van der Waals surface area contributed by atoms with Crippen molar-refractivity contribution in [3.8, 4) is 5.75 Å². The van der Waals surface area contributed by atoms with Gasteiger partial charge in [-0.25, -0.2) is 0 Å². The molecule has 3 rings (SSSR count). The number of likely N-dealkylation sites (tertiary alicyclic amines) is 1. The van der Waals surface area contributed by atoms with Crippen molar-refractivity contribution in [3.05, 3.63) is 42.5 Å². The Hall–Kier alpha value is -2.76.